The quantitative estimate of drug-likeness (QED) is 0.537. The van der Waals surface area contributed by atoms with E-state index in [0.717, 1.165) is 24.0 Å². The number of hydrogen-bond acceptors (Lipinski definition) is 8. The molecule has 1 saturated heterocycles. The normalized spacial score (nSPS) is 28.1. The summed E-state index contributed by atoms with van der Waals surface area (Å²) in [5.74, 6) is -1.47. The Morgan fingerprint density at radius 1 is 1.13 bits per heavy atom. The van der Waals surface area contributed by atoms with Crippen molar-refractivity contribution in [3.8, 4) is 12.1 Å². The van der Waals surface area contributed by atoms with E-state index in [0.29, 0.717) is 16.7 Å². The second kappa shape index (κ2) is 7.79. The Morgan fingerprint density at radius 3 is 2.45 bits per heavy atom. The zero-order valence-electron chi connectivity index (χ0n) is 17.5. The van der Waals surface area contributed by atoms with Crippen LogP contribution in [0, 0.1) is 34.0 Å². The van der Waals surface area contributed by atoms with Crippen LogP contribution in [-0.2, 0) is 23.9 Å². The van der Waals surface area contributed by atoms with Crippen LogP contribution in [0.2, 0.25) is 0 Å². The minimum atomic E-state index is -1.45. The summed E-state index contributed by atoms with van der Waals surface area (Å²) in [6.45, 7) is 2.37. The Kier molecular flexibility index (Phi) is 5.28. The van der Waals surface area contributed by atoms with Crippen LogP contribution in [0.25, 0.3) is 0 Å². The van der Waals surface area contributed by atoms with E-state index in [1.165, 1.54) is 13.8 Å². The van der Waals surface area contributed by atoms with Gasteiger partial charge < -0.3 is 14.8 Å². The molecule has 31 heavy (non-hydrogen) atoms. The van der Waals surface area contributed by atoms with Crippen LogP contribution < -0.4 is 5.32 Å². The number of Topliss-reactive ketones (excluding diaryl/α,β-unsaturated/α-hetero) is 1. The monoisotopic (exact) mass is 421 g/mol. The minimum Gasteiger partial charge on any atom is -0.461 e. The highest BCUT2D eigenvalue weighted by atomic mass is 16.5. The van der Waals surface area contributed by atoms with Crippen molar-refractivity contribution in [2.45, 2.75) is 51.6 Å². The molecule has 2 bridgehead atoms. The van der Waals surface area contributed by atoms with Crippen molar-refractivity contribution >= 4 is 17.7 Å². The van der Waals surface area contributed by atoms with Gasteiger partial charge in [-0.15, -0.1) is 0 Å². The smallest absolute Gasteiger partial charge is 0.302 e. The van der Waals surface area contributed by atoms with Crippen LogP contribution in [-0.4, -0.2) is 43.0 Å². The second-order valence-electron chi connectivity index (χ2n) is 8.48. The van der Waals surface area contributed by atoms with Crippen LogP contribution in [0.3, 0.4) is 0 Å². The molecule has 0 amide bonds. The van der Waals surface area contributed by atoms with Gasteiger partial charge in [-0.05, 0) is 35.1 Å². The molecule has 4 aliphatic rings. The van der Waals surface area contributed by atoms with Crippen LogP contribution >= 0.6 is 0 Å². The van der Waals surface area contributed by atoms with E-state index in [2.05, 4.69) is 17.5 Å². The van der Waals surface area contributed by atoms with Crippen LogP contribution in [0.1, 0.15) is 39.5 Å². The number of allylic oxidation sites excluding steroid dienone is 2. The highest BCUT2D eigenvalue weighted by Crippen LogP contribution is 2.53. The van der Waals surface area contributed by atoms with Gasteiger partial charge in [0.15, 0.2) is 11.2 Å². The first-order chi connectivity index (χ1) is 14.8. The predicted molar refractivity (Wildman–Crippen MR) is 107 cm³/mol. The van der Waals surface area contributed by atoms with Crippen molar-refractivity contribution in [3.05, 3.63) is 33.9 Å². The molecule has 160 valence electrons. The van der Waals surface area contributed by atoms with Gasteiger partial charge >= 0.3 is 11.9 Å². The fourth-order valence-corrected chi connectivity index (χ4v) is 5.30. The Balaban J connectivity index is 1.93. The Hall–Kier alpha value is -3.23. The molecule has 4 rings (SSSR count). The summed E-state index contributed by atoms with van der Waals surface area (Å²) in [4.78, 5) is 35.8. The molecule has 0 aromatic rings. The molecule has 2 heterocycles. The van der Waals surface area contributed by atoms with E-state index in [-0.39, 0.29) is 49.8 Å². The summed E-state index contributed by atoms with van der Waals surface area (Å²) in [6.07, 6.45) is 3.85. The lowest BCUT2D eigenvalue weighted by atomic mass is 9.69. The number of esters is 2. The van der Waals surface area contributed by atoms with Crippen molar-refractivity contribution in [1.29, 1.82) is 10.5 Å². The highest BCUT2D eigenvalue weighted by Gasteiger charge is 2.52. The molecule has 0 saturated carbocycles. The largest absolute Gasteiger partial charge is 0.461 e. The van der Waals surface area contributed by atoms with E-state index < -0.39 is 17.4 Å². The van der Waals surface area contributed by atoms with Gasteiger partial charge in [-0.1, -0.05) is 6.08 Å². The summed E-state index contributed by atoms with van der Waals surface area (Å²) in [7, 11) is 0. The summed E-state index contributed by atoms with van der Waals surface area (Å²) in [6, 6.07) is 4.54. The number of ketones is 1. The molecule has 3 atom stereocenters. The number of hydrogen-bond donors (Lipinski definition) is 1. The molecule has 1 unspecified atom stereocenters. The van der Waals surface area contributed by atoms with Gasteiger partial charge in [0.2, 0.25) is 0 Å². The first-order valence-corrected chi connectivity index (χ1v) is 10.3. The molecule has 0 aromatic carbocycles. The maximum absolute atomic E-state index is 12.9. The minimum absolute atomic E-state index is 0.00361. The third kappa shape index (κ3) is 3.47. The molecular formula is C23H23N3O5. The summed E-state index contributed by atoms with van der Waals surface area (Å²) in [5.41, 5.74) is 1.63. The highest BCUT2D eigenvalue weighted by molar-refractivity contribution is 6.03. The molecule has 2 aliphatic carbocycles. The third-order valence-electron chi connectivity index (χ3n) is 6.67. The lowest BCUT2D eigenvalue weighted by Crippen LogP contribution is -2.44. The number of ether oxygens (including phenoxy) is 2. The van der Waals surface area contributed by atoms with Gasteiger partial charge in [-0.25, -0.2) is 0 Å². The standard InChI is InChI=1S/C23H23N3O5/c1-12(27)30-8-17-16-7-23(10-24,11-25)19-5-14-3-4-20(26-14)22(19)18(9-31-13(2)28)15(16)6-21(17)29/h5,14,20,22,26H,3-4,6-9H2,1-2H3/t14-,20+,22?/m1/s1. The van der Waals surface area contributed by atoms with E-state index in [1.54, 1.807) is 0 Å². The number of nitriles is 2. The fraction of sp³-hybridized carbons (Fsp3) is 0.522. The van der Waals surface area contributed by atoms with Crippen LogP contribution in [0.15, 0.2) is 33.9 Å². The van der Waals surface area contributed by atoms with Crippen molar-refractivity contribution in [2.75, 3.05) is 13.2 Å². The topological polar surface area (TPSA) is 129 Å². The van der Waals surface area contributed by atoms with E-state index in [1.807, 2.05) is 6.08 Å². The molecular weight excluding hydrogens is 398 g/mol. The lowest BCUT2D eigenvalue weighted by Gasteiger charge is -2.36. The fourth-order valence-electron chi connectivity index (χ4n) is 5.30. The number of nitrogens with zero attached hydrogens (tertiary/aromatic N) is 2. The molecule has 1 fully saturated rings. The SMILES string of the molecule is CC(=O)OCC1=C2CC(C#N)(C#N)C3=C[C@H]4CC[C@H](N4)C3C(COC(C)=O)=C2CC1=O. The number of carbonyl (C=O) groups excluding carboxylic acids is 3. The van der Waals surface area contributed by atoms with Gasteiger partial charge in [0.05, 0.1) is 12.1 Å². The zero-order chi connectivity index (χ0) is 22.3. The summed E-state index contributed by atoms with van der Waals surface area (Å²) >= 11 is 0. The molecule has 0 spiro atoms. The first-order valence-electron chi connectivity index (χ1n) is 10.3. The van der Waals surface area contributed by atoms with Gasteiger partial charge in [0.1, 0.15) is 13.2 Å². The van der Waals surface area contributed by atoms with Crippen molar-refractivity contribution in [3.63, 3.8) is 0 Å². The molecule has 0 radical (unpaired) electrons. The Bertz CT molecular complexity index is 1040. The number of nitrogens with one attached hydrogen (secondary N) is 1. The van der Waals surface area contributed by atoms with Crippen LogP contribution in [0.4, 0.5) is 0 Å². The average Bonchev–Trinajstić information content (AvgIpc) is 3.22. The molecule has 8 heteroatoms. The molecule has 0 aromatic heterocycles. The first kappa shape index (κ1) is 21.0. The average molecular weight is 421 g/mol. The predicted octanol–water partition coefficient (Wildman–Crippen LogP) is 1.79. The summed E-state index contributed by atoms with van der Waals surface area (Å²) < 4.78 is 10.5. The Labute approximate surface area is 180 Å². The number of carbonyl (C=O) groups is 3. The molecule has 2 aliphatic heterocycles. The van der Waals surface area contributed by atoms with Crippen molar-refractivity contribution in [2.24, 2.45) is 11.3 Å². The van der Waals surface area contributed by atoms with Gasteiger partial charge in [-0.2, -0.15) is 10.5 Å². The van der Waals surface area contributed by atoms with Gasteiger partial charge in [0.25, 0.3) is 0 Å². The van der Waals surface area contributed by atoms with E-state index in [9.17, 15) is 24.9 Å². The number of fused-ring (bicyclic) bond motifs is 5. The Morgan fingerprint density at radius 2 is 1.81 bits per heavy atom. The van der Waals surface area contributed by atoms with Crippen molar-refractivity contribution < 1.29 is 23.9 Å². The number of rotatable bonds is 4. The maximum Gasteiger partial charge on any atom is 0.302 e. The van der Waals surface area contributed by atoms with Crippen molar-refractivity contribution in [1.82, 2.24) is 5.32 Å². The maximum atomic E-state index is 12.9. The van der Waals surface area contributed by atoms with E-state index in [4.69, 9.17) is 9.47 Å². The van der Waals surface area contributed by atoms with Gasteiger partial charge in [-0.3, -0.25) is 14.4 Å². The molecule has 8 nitrogen and oxygen atoms in total. The summed E-state index contributed by atoms with van der Waals surface area (Å²) in [5, 5.41) is 23.8. The lowest BCUT2D eigenvalue weighted by molar-refractivity contribution is -0.141. The second-order valence-corrected chi connectivity index (χ2v) is 8.48. The third-order valence-corrected chi connectivity index (χ3v) is 6.67. The zero-order valence-corrected chi connectivity index (χ0v) is 17.5. The van der Waals surface area contributed by atoms with Crippen LogP contribution in [0.5, 0.6) is 0 Å². The van der Waals surface area contributed by atoms with Gasteiger partial charge in [0, 0.05) is 50.3 Å². The van der Waals surface area contributed by atoms with E-state index >= 15 is 0 Å². The molecule has 1 N–H and O–H groups in total.